The molecule has 1 aliphatic heterocycles. The molecule has 1 N–H and O–H groups in total. The summed E-state index contributed by atoms with van der Waals surface area (Å²) in [5.41, 5.74) is 1.82. The maximum Gasteiger partial charge on any atom is 0.267 e. The second-order valence-corrected chi connectivity index (χ2v) is 8.52. The van der Waals surface area contributed by atoms with Crippen LogP contribution in [-0.2, 0) is 19.6 Å². The van der Waals surface area contributed by atoms with Crippen molar-refractivity contribution in [3.8, 4) is 0 Å². The van der Waals surface area contributed by atoms with E-state index < -0.39 is 27.9 Å². The molecule has 142 valence electrons. The highest BCUT2D eigenvalue weighted by molar-refractivity contribution is 7.89. The molecule has 1 saturated heterocycles. The summed E-state index contributed by atoms with van der Waals surface area (Å²) in [6.07, 6.45) is 0.208. The van der Waals surface area contributed by atoms with Gasteiger partial charge in [0.15, 0.2) is 0 Å². The maximum atomic E-state index is 13.0. The molecule has 0 radical (unpaired) electrons. The molecule has 0 aliphatic carbocycles. The van der Waals surface area contributed by atoms with Gasteiger partial charge in [-0.1, -0.05) is 48.0 Å². The van der Waals surface area contributed by atoms with Gasteiger partial charge in [0.1, 0.15) is 6.04 Å². The van der Waals surface area contributed by atoms with E-state index in [1.165, 1.54) is 12.1 Å². The molecule has 1 fully saturated rings. The van der Waals surface area contributed by atoms with Crippen LogP contribution in [0.15, 0.2) is 59.5 Å². The zero-order chi connectivity index (χ0) is 19.6. The number of benzene rings is 2. The van der Waals surface area contributed by atoms with E-state index >= 15 is 0 Å². The number of carbonyl (C=O) groups excluding carboxylic acids is 2. The molecule has 7 heteroatoms. The number of sulfonamides is 1. The number of hydrogen-bond donors (Lipinski definition) is 1. The predicted octanol–water partition coefficient (Wildman–Crippen LogP) is 2.55. The number of aryl methyl sites for hydroxylation is 1. The van der Waals surface area contributed by atoms with E-state index in [1.807, 2.05) is 44.2 Å². The molecule has 2 aromatic carbocycles. The summed E-state index contributed by atoms with van der Waals surface area (Å²) >= 11 is 0. The molecule has 0 saturated carbocycles. The van der Waals surface area contributed by atoms with Crippen LogP contribution >= 0.6 is 0 Å². The third kappa shape index (κ3) is 3.88. The van der Waals surface area contributed by atoms with Gasteiger partial charge in [-0.15, -0.1) is 0 Å². The Morgan fingerprint density at radius 1 is 1.11 bits per heavy atom. The van der Waals surface area contributed by atoms with Crippen molar-refractivity contribution in [1.82, 2.24) is 9.62 Å². The molecule has 0 aromatic heterocycles. The van der Waals surface area contributed by atoms with E-state index in [2.05, 4.69) is 5.32 Å². The largest absolute Gasteiger partial charge is 0.348 e. The van der Waals surface area contributed by atoms with E-state index in [4.69, 9.17) is 0 Å². The van der Waals surface area contributed by atoms with Crippen LogP contribution in [0.4, 0.5) is 0 Å². The highest BCUT2D eigenvalue weighted by atomic mass is 32.2. The van der Waals surface area contributed by atoms with Crippen LogP contribution in [0.5, 0.6) is 0 Å². The lowest BCUT2D eigenvalue weighted by molar-refractivity contribution is -0.131. The highest BCUT2D eigenvalue weighted by Gasteiger charge is 2.44. The first-order valence-corrected chi connectivity index (χ1v) is 10.2. The lowest BCUT2D eigenvalue weighted by Crippen LogP contribution is -2.47. The van der Waals surface area contributed by atoms with E-state index in [0.29, 0.717) is 0 Å². The Morgan fingerprint density at radius 2 is 1.74 bits per heavy atom. The average Bonchev–Trinajstić information content (AvgIpc) is 3.05. The summed E-state index contributed by atoms with van der Waals surface area (Å²) in [6.45, 7) is 3.67. The number of nitrogens with one attached hydrogen (secondary N) is 1. The van der Waals surface area contributed by atoms with Crippen molar-refractivity contribution in [2.45, 2.75) is 43.7 Å². The molecule has 3 rings (SSSR count). The minimum absolute atomic E-state index is 0.0113. The standard InChI is InChI=1S/C20H22N2O4S/c1-14-8-10-17(11-9-14)27(25,26)22-18(12-13-19(22)23)20(24)21-15(2)16-6-4-3-5-7-16/h3-11,15,18H,12-13H2,1-2H3,(H,21,24)/t15-,18-/m0/s1. The van der Waals surface area contributed by atoms with Crippen molar-refractivity contribution in [3.05, 3.63) is 65.7 Å². The molecule has 2 amide bonds. The fourth-order valence-corrected chi connectivity index (χ4v) is 4.76. The van der Waals surface area contributed by atoms with Crippen LogP contribution in [0, 0.1) is 6.92 Å². The normalized spacial score (nSPS) is 18.4. The monoisotopic (exact) mass is 386 g/mol. The first kappa shape index (κ1) is 19.1. The first-order chi connectivity index (χ1) is 12.8. The molecular formula is C20H22N2O4S. The van der Waals surface area contributed by atoms with Crippen molar-refractivity contribution < 1.29 is 18.0 Å². The van der Waals surface area contributed by atoms with Gasteiger partial charge in [-0.25, -0.2) is 12.7 Å². The van der Waals surface area contributed by atoms with E-state index in [1.54, 1.807) is 12.1 Å². The second-order valence-electron chi connectivity index (χ2n) is 6.70. The summed E-state index contributed by atoms with van der Waals surface area (Å²) in [6, 6.07) is 14.3. The molecule has 2 aromatic rings. The Hall–Kier alpha value is -2.67. The summed E-state index contributed by atoms with van der Waals surface area (Å²) in [7, 11) is -4.08. The van der Waals surface area contributed by atoms with E-state index in [0.717, 1.165) is 15.4 Å². The maximum absolute atomic E-state index is 13.0. The van der Waals surface area contributed by atoms with Crippen LogP contribution < -0.4 is 5.32 Å². The zero-order valence-electron chi connectivity index (χ0n) is 15.3. The van der Waals surface area contributed by atoms with E-state index in [9.17, 15) is 18.0 Å². The Bertz CT molecular complexity index is 940. The average molecular weight is 386 g/mol. The van der Waals surface area contributed by atoms with Gasteiger partial charge in [0.25, 0.3) is 10.0 Å². The van der Waals surface area contributed by atoms with Gasteiger partial charge in [-0.3, -0.25) is 9.59 Å². The highest BCUT2D eigenvalue weighted by Crippen LogP contribution is 2.28. The molecule has 1 aliphatic rings. The topological polar surface area (TPSA) is 83.6 Å². The van der Waals surface area contributed by atoms with Crippen LogP contribution in [0.1, 0.15) is 36.9 Å². The van der Waals surface area contributed by atoms with Gasteiger partial charge in [0.2, 0.25) is 11.8 Å². The van der Waals surface area contributed by atoms with Gasteiger partial charge in [0, 0.05) is 6.42 Å². The van der Waals surface area contributed by atoms with Crippen LogP contribution in [0.3, 0.4) is 0 Å². The molecule has 0 bridgehead atoms. The quantitative estimate of drug-likeness (QED) is 0.856. The molecule has 27 heavy (non-hydrogen) atoms. The van der Waals surface area contributed by atoms with Gasteiger partial charge < -0.3 is 5.32 Å². The first-order valence-electron chi connectivity index (χ1n) is 8.80. The van der Waals surface area contributed by atoms with Crippen molar-refractivity contribution in [2.24, 2.45) is 0 Å². The molecule has 1 heterocycles. The number of amides is 2. The molecule has 6 nitrogen and oxygen atoms in total. The zero-order valence-corrected chi connectivity index (χ0v) is 16.1. The number of carbonyl (C=O) groups is 2. The summed E-state index contributed by atoms with van der Waals surface area (Å²) in [5, 5.41) is 2.82. The summed E-state index contributed by atoms with van der Waals surface area (Å²) in [5.74, 6) is -1.02. The lowest BCUT2D eigenvalue weighted by Gasteiger charge is -2.25. The van der Waals surface area contributed by atoms with Gasteiger partial charge in [-0.05, 0) is 38.0 Å². The molecule has 0 spiro atoms. The Balaban J connectivity index is 1.83. The van der Waals surface area contributed by atoms with Gasteiger partial charge in [-0.2, -0.15) is 0 Å². The molecule has 0 unspecified atom stereocenters. The van der Waals surface area contributed by atoms with E-state index in [-0.39, 0.29) is 23.8 Å². The van der Waals surface area contributed by atoms with Crippen LogP contribution in [0.25, 0.3) is 0 Å². The molecular weight excluding hydrogens is 364 g/mol. The number of rotatable bonds is 5. The van der Waals surface area contributed by atoms with Crippen molar-refractivity contribution in [1.29, 1.82) is 0 Å². The smallest absolute Gasteiger partial charge is 0.267 e. The van der Waals surface area contributed by atoms with Crippen molar-refractivity contribution >= 4 is 21.8 Å². The SMILES string of the molecule is Cc1ccc(S(=O)(=O)N2C(=O)CC[C@H]2C(=O)N[C@@H](C)c2ccccc2)cc1. The minimum Gasteiger partial charge on any atom is -0.348 e. The molecule has 2 atom stereocenters. The lowest BCUT2D eigenvalue weighted by atomic mass is 10.1. The van der Waals surface area contributed by atoms with Gasteiger partial charge >= 0.3 is 0 Å². The fourth-order valence-electron chi connectivity index (χ4n) is 3.16. The van der Waals surface area contributed by atoms with Crippen molar-refractivity contribution in [3.63, 3.8) is 0 Å². The van der Waals surface area contributed by atoms with Crippen LogP contribution in [0.2, 0.25) is 0 Å². The second kappa shape index (κ2) is 7.52. The number of hydrogen-bond acceptors (Lipinski definition) is 4. The van der Waals surface area contributed by atoms with Gasteiger partial charge in [0.05, 0.1) is 10.9 Å². The van der Waals surface area contributed by atoms with Crippen molar-refractivity contribution in [2.75, 3.05) is 0 Å². The minimum atomic E-state index is -4.08. The summed E-state index contributed by atoms with van der Waals surface area (Å²) in [4.78, 5) is 25.1. The predicted molar refractivity (Wildman–Crippen MR) is 101 cm³/mol. The number of nitrogens with zero attached hydrogens (tertiary/aromatic N) is 1. The summed E-state index contributed by atoms with van der Waals surface area (Å²) < 4.78 is 26.6. The fraction of sp³-hybridized carbons (Fsp3) is 0.300. The third-order valence-corrected chi connectivity index (χ3v) is 6.54. The Kier molecular flexibility index (Phi) is 5.32. The third-order valence-electron chi connectivity index (χ3n) is 4.70. The Morgan fingerprint density at radius 3 is 2.37 bits per heavy atom. The Labute approximate surface area is 159 Å². The van der Waals surface area contributed by atoms with Crippen LogP contribution in [-0.4, -0.2) is 30.6 Å².